The number of fused-ring (bicyclic) bond motifs is 1. The Morgan fingerprint density at radius 1 is 1.06 bits per heavy atom. The first kappa shape index (κ1) is 11.1. The van der Waals surface area contributed by atoms with E-state index in [-0.39, 0.29) is 0 Å². The molecule has 1 aromatic carbocycles. The van der Waals surface area contributed by atoms with Crippen LogP contribution in [0, 0.1) is 13.8 Å². The van der Waals surface area contributed by atoms with Crippen LogP contribution in [0.2, 0.25) is 0 Å². The van der Waals surface area contributed by atoms with E-state index in [0.717, 1.165) is 17.1 Å². The molecule has 5 nitrogen and oxygen atoms in total. The molecule has 0 spiro atoms. The van der Waals surface area contributed by atoms with Crippen LogP contribution in [0.25, 0.3) is 0 Å². The number of anilines is 2. The van der Waals surface area contributed by atoms with Crippen LogP contribution in [0.5, 0.6) is 0 Å². The highest BCUT2D eigenvalue weighted by Crippen LogP contribution is 2.24. The van der Waals surface area contributed by atoms with Gasteiger partial charge in [-0.25, -0.2) is 4.98 Å². The van der Waals surface area contributed by atoms with Crippen molar-refractivity contribution < 1.29 is 4.74 Å². The van der Waals surface area contributed by atoms with E-state index in [0.29, 0.717) is 19.2 Å². The summed E-state index contributed by atoms with van der Waals surface area (Å²) in [6.07, 6.45) is 0. The molecule has 1 aromatic heterocycles. The topological polar surface area (TPSA) is 59.9 Å². The molecule has 0 amide bonds. The van der Waals surface area contributed by atoms with Gasteiger partial charge in [0.25, 0.3) is 0 Å². The molecule has 3 rings (SSSR count). The van der Waals surface area contributed by atoms with Crippen LogP contribution in [0.15, 0.2) is 18.2 Å². The molecule has 0 saturated heterocycles. The minimum absolute atomic E-state index is 0.525. The number of rotatable bonds is 2. The number of nitrogens with zero attached hydrogens (tertiary/aromatic N) is 3. The van der Waals surface area contributed by atoms with E-state index in [1.807, 2.05) is 19.9 Å². The smallest absolute Gasteiger partial charge is 0.247 e. The zero-order valence-corrected chi connectivity index (χ0v) is 10.4. The molecule has 0 fully saturated rings. The van der Waals surface area contributed by atoms with E-state index >= 15 is 0 Å². The Morgan fingerprint density at radius 3 is 2.72 bits per heavy atom. The molecule has 1 aliphatic heterocycles. The van der Waals surface area contributed by atoms with Crippen molar-refractivity contribution in [2.45, 2.75) is 27.1 Å². The summed E-state index contributed by atoms with van der Waals surface area (Å²) in [6.45, 7) is 5.20. The zero-order chi connectivity index (χ0) is 12.5. The van der Waals surface area contributed by atoms with Crippen LogP contribution in [-0.4, -0.2) is 15.2 Å². The Balaban J connectivity index is 1.85. The molecule has 0 bridgehead atoms. The van der Waals surface area contributed by atoms with Crippen molar-refractivity contribution in [2.75, 3.05) is 5.32 Å². The lowest BCUT2D eigenvalue weighted by molar-refractivity contribution is 0.134. The Morgan fingerprint density at radius 2 is 1.89 bits per heavy atom. The highest BCUT2D eigenvalue weighted by molar-refractivity contribution is 5.56. The second-order valence-corrected chi connectivity index (χ2v) is 4.41. The Bertz CT molecular complexity index is 598. The quantitative estimate of drug-likeness (QED) is 0.875. The molecular formula is C13H14N4O. The minimum Gasteiger partial charge on any atom is -0.372 e. The van der Waals surface area contributed by atoms with Crippen LogP contribution in [-0.2, 0) is 18.0 Å². The highest BCUT2D eigenvalue weighted by atomic mass is 16.5. The van der Waals surface area contributed by atoms with Gasteiger partial charge in [-0.1, -0.05) is 6.07 Å². The number of nitrogens with one attached hydrogen (secondary N) is 1. The molecule has 1 N–H and O–H groups in total. The Hall–Kier alpha value is -2.01. The molecule has 0 unspecified atom stereocenters. The molecular weight excluding hydrogens is 228 g/mol. The fourth-order valence-electron chi connectivity index (χ4n) is 1.89. The van der Waals surface area contributed by atoms with Gasteiger partial charge in [0.15, 0.2) is 0 Å². The predicted molar refractivity (Wildman–Crippen MR) is 67.5 cm³/mol. The minimum atomic E-state index is 0.525. The first-order chi connectivity index (χ1) is 8.72. The molecule has 0 aliphatic carbocycles. The number of ether oxygens (including phenoxy) is 1. The third-order valence-electron chi connectivity index (χ3n) is 3.07. The van der Waals surface area contributed by atoms with Gasteiger partial charge in [0, 0.05) is 5.69 Å². The maximum Gasteiger partial charge on any atom is 0.247 e. The summed E-state index contributed by atoms with van der Waals surface area (Å²) < 4.78 is 5.38. The lowest BCUT2D eigenvalue weighted by Gasteiger charge is -2.07. The highest BCUT2D eigenvalue weighted by Gasteiger charge is 2.11. The van der Waals surface area contributed by atoms with Crippen molar-refractivity contribution in [3.63, 3.8) is 0 Å². The first-order valence-corrected chi connectivity index (χ1v) is 5.87. The van der Waals surface area contributed by atoms with E-state index in [1.54, 1.807) is 0 Å². The van der Waals surface area contributed by atoms with E-state index in [4.69, 9.17) is 4.74 Å². The second kappa shape index (κ2) is 4.34. The van der Waals surface area contributed by atoms with Crippen molar-refractivity contribution in [1.29, 1.82) is 0 Å². The molecule has 18 heavy (non-hydrogen) atoms. The Labute approximate surface area is 105 Å². The van der Waals surface area contributed by atoms with E-state index < -0.39 is 0 Å². The van der Waals surface area contributed by atoms with Gasteiger partial charge in [-0.15, -0.1) is 5.10 Å². The molecule has 5 heteroatoms. The van der Waals surface area contributed by atoms with Crippen molar-refractivity contribution in [1.82, 2.24) is 15.2 Å². The molecule has 92 valence electrons. The third kappa shape index (κ3) is 2.04. The van der Waals surface area contributed by atoms with Crippen molar-refractivity contribution >= 4 is 11.6 Å². The Kier molecular flexibility index (Phi) is 2.68. The van der Waals surface area contributed by atoms with Gasteiger partial charge in [-0.05, 0) is 37.1 Å². The average molecular weight is 242 g/mol. The number of hydrogen-bond donors (Lipinski definition) is 1. The monoisotopic (exact) mass is 242 g/mol. The first-order valence-electron chi connectivity index (χ1n) is 5.87. The maximum atomic E-state index is 5.38. The van der Waals surface area contributed by atoms with Gasteiger partial charge in [0.05, 0.1) is 24.6 Å². The van der Waals surface area contributed by atoms with E-state index in [2.05, 4.69) is 32.6 Å². The van der Waals surface area contributed by atoms with Crippen molar-refractivity contribution in [3.05, 3.63) is 40.7 Å². The van der Waals surface area contributed by atoms with Crippen molar-refractivity contribution in [3.8, 4) is 0 Å². The predicted octanol–water partition coefficient (Wildman–Crippen LogP) is 2.26. The largest absolute Gasteiger partial charge is 0.372 e. The van der Waals surface area contributed by atoms with Gasteiger partial charge in [-0.2, -0.15) is 5.10 Å². The number of hydrogen-bond acceptors (Lipinski definition) is 5. The SMILES string of the molecule is Cc1nnc(Nc2ccc3c(c2)COC3)nc1C. The summed E-state index contributed by atoms with van der Waals surface area (Å²) in [4.78, 5) is 4.35. The van der Waals surface area contributed by atoms with Crippen LogP contribution in [0.4, 0.5) is 11.6 Å². The number of aromatic nitrogens is 3. The summed E-state index contributed by atoms with van der Waals surface area (Å²) in [5.74, 6) is 0.525. The van der Waals surface area contributed by atoms with Crippen LogP contribution < -0.4 is 5.32 Å². The summed E-state index contributed by atoms with van der Waals surface area (Å²) in [6, 6.07) is 6.14. The average Bonchev–Trinajstić information content (AvgIpc) is 2.81. The fourth-order valence-corrected chi connectivity index (χ4v) is 1.89. The number of benzene rings is 1. The molecule has 2 heterocycles. The zero-order valence-electron chi connectivity index (χ0n) is 10.4. The normalized spacial score (nSPS) is 13.4. The molecule has 1 aliphatic rings. The number of aryl methyl sites for hydroxylation is 2. The standard InChI is InChI=1S/C13H14N4O/c1-8-9(2)16-17-13(14-8)15-12-4-3-10-6-18-7-11(10)5-12/h3-5H,6-7H2,1-2H3,(H,14,15,17). The fraction of sp³-hybridized carbons (Fsp3) is 0.308. The van der Waals surface area contributed by atoms with Crippen LogP contribution in [0.1, 0.15) is 22.5 Å². The van der Waals surface area contributed by atoms with Crippen molar-refractivity contribution in [2.24, 2.45) is 0 Å². The summed E-state index contributed by atoms with van der Waals surface area (Å²) >= 11 is 0. The second-order valence-electron chi connectivity index (χ2n) is 4.41. The maximum absolute atomic E-state index is 5.38. The lowest BCUT2D eigenvalue weighted by atomic mass is 10.1. The van der Waals surface area contributed by atoms with Gasteiger partial charge in [-0.3, -0.25) is 0 Å². The van der Waals surface area contributed by atoms with E-state index in [9.17, 15) is 0 Å². The van der Waals surface area contributed by atoms with Crippen LogP contribution in [0.3, 0.4) is 0 Å². The third-order valence-corrected chi connectivity index (χ3v) is 3.07. The van der Waals surface area contributed by atoms with Gasteiger partial charge >= 0.3 is 0 Å². The molecule has 2 aromatic rings. The summed E-state index contributed by atoms with van der Waals surface area (Å²) in [5.41, 5.74) is 5.17. The summed E-state index contributed by atoms with van der Waals surface area (Å²) in [5, 5.41) is 11.2. The summed E-state index contributed by atoms with van der Waals surface area (Å²) in [7, 11) is 0. The van der Waals surface area contributed by atoms with Gasteiger partial charge in [0.1, 0.15) is 0 Å². The molecule has 0 atom stereocenters. The molecule has 0 radical (unpaired) electrons. The van der Waals surface area contributed by atoms with E-state index in [1.165, 1.54) is 11.1 Å². The molecule has 0 saturated carbocycles. The van der Waals surface area contributed by atoms with Gasteiger partial charge in [0.2, 0.25) is 5.95 Å². The lowest BCUT2D eigenvalue weighted by Crippen LogP contribution is -2.03. The van der Waals surface area contributed by atoms with Gasteiger partial charge < -0.3 is 10.1 Å². The van der Waals surface area contributed by atoms with Crippen LogP contribution >= 0.6 is 0 Å².